The third kappa shape index (κ3) is 1.99. The Labute approximate surface area is 118 Å². The van der Waals surface area contributed by atoms with Crippen molar-refractivity contribution in [3.05, 3.63) is 18.0 Å². The lowest BCUT2D eigenvalue weighted by Crippen LogP contribution is -2.51. The highest BCUT2D eigenvalue weighted by Gasteiger charge is 2.53. The molecule has 1 aromatic rings. The van der Waals surface area contributed by atoms with Crippen molar-refractivity contribution in [3.8, 4) is 0 Å². The van der Waals surface area contributed by atoms with Gasteiger partial charge in [0.2, 0.25) is 0 Å². The predicted molar refractivity (Wildman–Crippen MR) is 72.7 cm³/mol. The zero-order chi connectivity index (χ0) is 14.3. The average molecular weight is 276 g/mol. The van der Waals surface area contributed by atoms with Gasteiger partial charge in [-0.05, 0) is 31.6 Å². The summed E-state index contributed by atoms with van der Waals surface area (Å²) in [5.41, 5.74) is 0.315. The normalized spacial score (nSPS) is 30.1. The first kappa shape index (κ1) is 13.1. The van der Waals surface area contributed by atoms with Crippen LogP contribution in [0.4, 0.5) is 4.79 Å². The van der Waals surface area contributed by atoms with Gasteiger partial charge in [0.25, 0.3) is 5.91 Å². The molecular weight excluding hydrogens is 256 g/mol. The van der Waals surface area contributed by atoms with E-state index in [1.54, 1.807) is 15.8 Å². The topological polar surface area (TPSA) is 67.2 Å². The SMILES string of the molecule is CC1CCC2(CC1)C(=O)NC(=O)N2Cc1cnn(C)c1. The Hall–Kier alpha value is -1.85. The third-order valence-electron chi connectivity index (χ3n) is 4.61. The van der Waals surface area contributed by atoms with E-state index < -0.39 is 5.54 Å². The van der Waals surface area contributed by atoms with Crippen LogP contribution >= 0.6 is 0 Å². The lowest BCUT2D eigenvalue weighted by molar-refractivity contribution is -0.128. The van der Waals surface area contributed by atoms with Gasteiger partial charge < -0.3 is 4.90 Å². The highest BCUT2D eigenvalue weighted by molar-refractivity contribution is 6.07. The first-order chi connectivity index (χ1) is 9.51. The summed E-state index contributed by atoms with van der Waals surface area (Å²) >= 11 is 0. The van der Waals surface area contributed by atoms with Gasteiger partial charge in [0, 0.05) is 18.8 Å². The molecule has 1 aliphatic heterocycles. The van der Waals surface area contributed by atoms with Crippen LogP contribution in [-0.2, 0) is 18.4 Å². The second-order valence-corrected chi connectivity index (χ2v) is 6.08. The summed E-state index contributed by atoms with van der Waals surface area (Å²) in [4.78, 5) is 26.1. The number of aryl methyl sites for hydroxylation is 1. The molecule has 0 bridgehead atoms. The van der Waals surface area contributed by atoms with E-state index in [0.717, 1.165) is 31.2 Å². The van der Waals surface area contributed by atoms with Crippen molar-refractivity contribution in [2.45, 2.75) is 44.7 Å². The number of hydrogen-bond donors (Lipinski definition) is 1. The molecule has 6 nitrogen and oxygen atoms in total. The highest BCUT2D eigenvalue weighted by Crippen LogP contribution is 2.40. The van der Waals surface area contributed by atoms with Gasteiger partial charge in [0.1, 0.15) is 5.54 Å². The van der Waals surface area contributed by atoms with Gasteiger partial charge in [-0.2, -0.15) is 5.10 Å². The average Bonchev–Trinajstić information content (AvgIpc) is 2.91. The third-order valence-corrected chi connectivity index (χ3v) is 4.61. The number of urea groups is 1. The Kier molecular flexibility index (Phi) is 3.03. The molecule has 2 heterocycles. The Balaban J connectivity index is 1.86. The molecule has 0 radical (unpaired) electrons. The van der Waals surface area contributed by atoms with Crippen molar-refractivity contribution in [1.29, 1.82) is 0 Å². The minimum Gasteiger partial charge on any atom is -0.305 e. The summed E-state index contributed by atoms with van der Waals surface area (Å²) in [6.07, 6.45) is 7.12. The van der Waals surface area contributed by atoms with Crippen molar-refractivity contribution in [3.63, 3.8) is 0 Å². The van der Waals surface area contributed by atoms with Gasteiger partial charge in [-0.15, -0.1) is 0 Å². The Morgan fingerprint density at radius 3 is 2.70 bits per heavy atom. The number of carbonyl (C=O) groups is 2. The zero-order valence-electron chi connectivity index (χ0n) is 11.9. The Morgan fingerprint density at radius 2 is 2.10 bits per heavy atom. The number of aromatic nitrogens is 2. The predicted octanol–water partition coefficient (Wildman–Crippen LogP) is 1.42. The molecule has 1 spiro atoms. The smallest absolute Gasteiger partial charge is 0.305 e. The number of nitrogens with one attached hydrogen (secondary N) is 1. The van der Waals surface area contributed by atoms with E-state index >= 15 is 0 Å². The van der Waals surface area contributed by atoms with Crippen molar-refractivity contribution in [2.24, 2.45) is 13.0 Å². The van der Waals surface area contributed by atoms with Crippen LogP contribution in [0.25, 0.3) is 0 Å². The number of imide groups is 1. The number of nitrogens with zero attached hydrogens (tertiary/aromatic N) is 3. The van der Waals surface area contributed by atoms with Crippen LogP contribution in [0.2, 0.25) is 0 Å². The van der Waals surface area contributed by atoms with Crippen molar-refractivity contribution in [2.75, 3.05) is 0 Å². The summed E-state index contributed by atoms with van der Waals surface area (Å²) < 4.78 is 1.71. The van der Waals surface area contributed by atoms with Gasteiger partial charge in [0.05, 0.1) is 12.7 Å². The summed E-state index contributed by atoms with van der Waals surface area (Å²) in [5, 5.41) is 6.61. The maximum absolute atomic E-state index is 12.3. The highest BCUT2D eigenvalue weighted by atomic mass is 16.2. The molecule has 108 valence electrons. The van der Waals surface area contributed by atoms with Crippen molar-refractivity contribution in [1.82, 2.24) is 20.0 Å². The molecule has 1 aliphatic carbocycles. The van der Waals surface area contributed by atoms with Gasteiger partial charge in [-0.3, -0.25) is 14.8 Å². The van der Waals surface area contributed by atoms with Crippen LogP contribution in [0.3, 0.4) is 0 Å². The second kappa shape index (κ2) is 4.61. The molecule has 0 atom stereocenters. The summed E-state index contributed by atoms with van der Waals surface area (Å²) in [6, 6.07) is -0.270. The van der Waals surface area contributed by atoms with E-state index in [9.17, 15) is 9.59 Å². The molecule has 0 unspecified atom stereocenters. The zero-order valence-corrected chi connectivity index (χ0v) is 11.9. The molecular formula is C14H20N4O2. The lowest BCUT2D eigenvalue weighted by atomic mass is 9.76. The minimum atomic E-state index is -0.639. The van der Waals surface area contributed by atoms with Crippen LogP contribution in [0.5, 0.6) is 0 Å². The number of carbonyl (C=O) groups excluding carboxylic acids is 2. The van der Waals surface area contributed by atoms with Gasteiger partial charge in [-0.25, -0.2) is 4.79 Å². The number of hydrogen-bond acceptors (Lipinski definition) is 3. The van der Waals surface area contributed by atoms with E-state index in [1.807, 2.05) is 13.2 Å². The van der Waals surface area contributed by atoms with Gasteiger partial charge >= 0.3 is 6.03 Å². The van der Waals surface area contributed by atoms with E-state index in [1.165, 1.54) is 0 Å². The molecule has 6 heteroatoms. The van der Waals surface area contributed by atoms with Gasteiger partial charge in [-0.1, -0.05) is 6.92 Å². The standard InChI is InChI=1S/C14H20N4O2/c1-10-3-5-14(6-4-10)12(19)16-13(20)18(14)9-11-7-15-17(2)8-11/h7-8,10H,3-6,9H2,1-2H3,(H,16,19,20). The van der Waals surface area contributed by atoms with E-state index in [0.29, 0.717) is 12.5 Å². The maximum atomic E-state index is 12.3. The number of amides is 3. The molecule has 1 aromatic heterocycles. The quantitative estimate of drug-likeness (QED) is 0.831. The fraction of sp³-hybridized carbons (Fsp3) is 0.643. The lowest BCUT2D eigenvalue weighted by Gasteiger charge is -2.39. The fourth-order valence-corrected chi connectivity index (χ4v) is 3.29. The Bertz CT molecular complexity index is 543. The van der Waals surface area contributed by atoms with Crippen LogP contribution in [0.15, 0.2) is 12.4 Å². The first-order valence-electron chi connectivity index (χ1n) is 7.12. The van der Waals surface area contributed by atoms with Crippen LogP contribution in [0, 0.1) is 5.92 Å². The largest absolute Gasteiger partial charge is 0.325 e. The molecule has 1 saturated heterocycles. The van der Waals surface area contributed by atoms with Crippen molar-refractivity contribution < 1.29 is 9.59 Å². The van der Waals surface area contributed by atoms with E-state index in [4.69, 9.17) is 0 Å². The fourth-order valence-electron chi connectivity index (χ4n) is 3.29. The number of rotatable bonds is 2. The first-order valence-corrected chi connectivity index (χ1v) is 7.12. The van der Waals surface area contributed by atoms with E-state index in [2.05, 4.69) is 17.3 Å². The molecule has 1 saturated carbocycles. The Morgan fingerprint density at radius 1 is 1.40 bits per heavy atom. The molecule has 3 amide bonds. The summed E-state index contributed by atoms with van der Waals surface area (Å²) in [5.74, 6) is 0.502. The van der Waals surface area contributed by atoms with Crippen molar-refractivity contribution >= 4 is 11.9 Å². The molecule has 20 heavy (non-hydrogen) atoms. The van der Waals surface area contributed by atoms with Crippen LogP contribution in [0.1, 0.15) is 38.2 Å². The molecule has 2 aliphatic rings. The summed E-state index contributed by atoms with van der Waals surface area (Å²) in [6.45, 7) is 2.65. The minimum absolute atomic E-state index is 0.127. The van der Waals surface area contributed by atoms with Crippen LogP contribution < -0.4 is 5.32 Å². The molecule has 2 fully saturated rings. The van der Waals surface area contributed by atoms with E-state index in [-0.39, 0.29) is 11.9 Å². The molecule has 0 aromatic carbocycles. The summed E-state index contributed by atoms with van der Waals surface area (Å²) in [7, 11) is 1.84. The molecule has 3 rings (SSSR count). The molecule has 1 N–H and O–H groups in total. The van der Waals surface area contributed by atoms with Gasteiger partial charge in [0.15, 0.2) is 0 Å². The van der Waals surface area contributed by atoms with Crippen LogP contribution in [-0.4, -0.2) is 32.2 Å². The second-order valence-electron chi connectivity index (χ2n) is 6.08. The monoisotopic (exact) mass is 276 g/mol. The maximum Gasteiger partial charge on any atom is 0.325 e.